The SMILES string of the molecule is CCCCOC(=O)C1CCCN1C(=O)CCC[O]. The molecule has 1 fully saturated rings. The summed E-state index contributed by atoms with van der Waals surface area (Å²) in [7, 11) is 0. The van der Waals surface area contributed by atoms with Crippen LogP contribution < -0.4 is 0 Å². The molecule has 5 heteroatoms. The smallest absolute Gasteiger partial charge is 0.328 e. The molecule has 0 aromatic carbocycles. The molecule has 0 N–H and O–H groups in total. The van der Waals surface area contributed by atoms with Crippen molar-refractivity contribution >= 4 is 11.9 Å². The summed E-state index contributed by atoms with van der Waals surface area (Å²) in [6.07, 6.45) is 3.91. The average molecular weight is 256 g/mol. The first-order valence-electron chi connectivity index (χ1n) is 6.75. The number of esters is 1. The van der Waals surface area contributed by atoms with Gasteiger partial charge in [0, 0.05) is 13.0 Å². The van der Waals surface area contributed by atoms with Gasteiger partial charge in [0.25, 0.3) is 0 Å². The Balaban J connectivity index is 2.43. The van der Waals surface area contributed by atoms with Gasteiger partial charge < -0.3 is 9.64 Å². The van der Waals surface area contributed by atoms with E-state index in [4.69, 9.17) is 4.74 Å². The molecule has 1 aliphatic heterocycles. The van der Waals surface area contributed by atoms with E-state index in [2.05, 4.69) is 0 Å². The number of carbonyl (C=O) groups is 2. The first-order valence-corrected chi connectivity index (χ1v) is 6.75. The maximum atomic E-state index is 11.8. The summed E-state index contributed by atoms with van der Waals surface area (Å²) in [5.74, 6) is -0.391. The lowest BCUT2D eigenvalue weighted by atomic mass is 10.2. The fourth-order valence-corrected chi connectivity index (χ4v) is 2.09. The van der Waals surface area contributed by atoms with E-state index in [1.807, 2.05) is 6.92 Å². The van der Waals surface area contributed by atoms with Crippen LogP contribution in [0.3, 0.4) is 0 Å². The summed E-state index contributed by atoms with van der Waals surface area (Å²) in [5.41, 5.74) is 0. The Morgan fingerprint density at radius 3 is 2.78 bits per heavy atom. The fraction of sp³-hybridized carbons (Fsp3) is 0.846. The number of likely N-dealkylation sites (tertiary alicyclic amines) is 1. The van der Waals surface area contributed by atoms with Gasteiger partial charge in [-0.2, -0.15) is 0 Å². The molecule has 1 saturated heterocycles. The molecular weight excluding hydrogens is 234 g/mol. The van der Waals surface area contributed by atoms with Crippen molar-refractivity contribution in [3.05, 3.63) is 0 Å². The third-order valence-corrected chi connectivity index (χ3v) is 3.12. The molecule has 0 bridgehead atoms. The zero-order chi connectivity index (χ0) is 13.4. The molecular formula is C13H22NO4. The first kappa shape index (κ1) is 15.0. The normalized spacial score (nSPS) is 19.0. The quantitative estimate of drug-likeness (QED) is 0.512. The number of amides is 1. The highest BCUT2D eigenvalue weighted by Crippen LogP contribution is 2.20. The maximum absolute atomic E-state index is 11.8. The summed E-state index contributed by atoms with van der Waals surface area (Å²) < 4.78 is 5.16. The van der Waals surface area contributed by atoms with Crippen LogP contribution in [0.15, 0.2) is 0 Å². The second-order valence-electron chi connectivity index (χ2n) is 4.57. The Morgan fingerprint density at radius 1 is 1.33 bits per heavy atom. The monoisotopic (exact) mass is 256 g/mol. The van der Waals surface area contributed by atoms with Gasteiger partial charge in [0.15, 0.2) is 0 Å². The first-order chi connectivity index (χ1) is 8.70. The van der Waals surface area contributed by atoms with E-state index in [0.29, 0.717) is 26.0 Å². The zero-order valence-electron chi connectivity index (χ0n) is 11.0. The molecule has 1 heterocycles. The highest BCUT2D eigenvalue weighted by atomic mass is 16.5. The fourth-order valence-electron chi connectivity index (χ4n) is 2.09. The summed E-state index contributed by atoms with van der Waals surface area (Å²) in [4.78, 5) is 25.2. The minimum atomic E-state index is -0.430. The number of unbranched alkanes of at least 4 members (excludes halogenated alkanes) is 1. The number of rotatable bonds is 7. The molecule has 0 saturated carbocycles. The lowest BCUT2D eigenvalue weighted by molar-refractivity contribution is -0.153. The van der Waals surface area contributed by atoms with Crippen molar-refractivity contribution < 1.29 is 19.4 Å². The van der Waals surface area contributed by atoms with Gasteiger partial charge >= 0.3 is 5.97 Å². The molecule has 0 aromatic heterocycles. The van der Waals surface area contributed by atoms with E-state index in [9.17, 15) is 14.7 Å². The van der Waals surface area contributed by atoms with Gasteiger partial charge in [-0.3, -0.25) is 4.79 Å². The predicted molar refractivity (Wildman–Crippen MR) is 65.4 cm³/mol. The topological polar surface area (TPSA) is 66.5 Å². The van der Waals surface area contributed by atoms with Crippen molar-refractivity contribution in [3.8, 4) is 0 Å². The van der Waals surface area contributed by atoms with E-state index >= 15 is 0 Å². The van der Waals surface area contributed by atoms with E-state index < -0.39 is 6.04 Å². The number of nitrogens with zero attached hydrogens (tertiary/aromatic N) is 1. The zero-order valence-corrected chi connectivity index (χ0v) is 11.0. The average Bonchev–Trinajstić information content (AvgIpc) is 2.85. The van der Waals surface area contributed by atoms with Crippen molar-refractivity contribution in [2.24, 2.45) is 0 Å². The minimum Gasteiger partial charge on any atom is -0.464 e. The molecule has 1 aliphatic rings. The van der Waals surface area contributed by atoms with E-state index in [1.165, 1.54) is 0 Å². The lowest BCUT2D eigenvalue weighted by Crippen LogP contribution is -2.41. The van der Waals surface area contributed by atoms with Crippen molar-refractivity contribution in [2.45, 2.75) is 51.5 Å². The summed E-state index contributed by atoms with van der Waals surface area (Å²) in [6.45, 7) is 2.81. The molecule has 1 atom stereocenters. The van der Waals surface area contributed by atoms with Gasteiger partial charge in [-0.25, -0.2) is 9.90 Å². The standard InChI is InChI=1S/C13H22NO4/c1-2-3-10-18-13(17)11-6-4-8-14(11)12(16)7-5-9-15/h11H,2-10H2,1H3. The van der Waals surface area contributed by atoms with Gasteiger partial charge in [0.2, 0.25) is 5.91 Å². The van der Waals surface area contributed by atoms with Gasteiger partial charge in [-0.1, -0.05) is 13.3 Å². The minimum absolute atomic E-state index is 0.0965. The Morgan fingerprint density at radius 2 is 2.11 bits per heavy atom. The van der Waals surface area contributed by atoms with Crippen LogP contribution in [0.1, 0.15) is 45.4 Å². The van der Waals surface area contributed by atoms with Crippen LogP contribution in [-0.2, 0) is 19.4 Å². The molecule has 103 valence electrons. The molecule has 0 aliphatic carbocycles. The Hall–Kier alpha value is -1.10. The molecule has 1 radical (unpaired) electrons. The summed E-state index contributed by atoms with van der Waals surface area (Å²) in [6, 6.07) is -0.430. The van der Waals surface area contributed by atoms with Crippen LogP contribution >= 0.6 is 0 Å². The number of ether oxygens (including phenoxy) is 1. The van der Waals surface area contributed by atoms with Crippen molar-refractivity contribution in [2.75, 3.05) is 19.8 Å². The Kier molecular flexibility index (Phi) is 6.72. The third kappa shape index (κ3) is 4.29. The molecule has 0 spiro atoms. The second-order valence-corrected chi connectivity index (χ2v) is 4.57. The third-order valence-electron chi connectivity index (χ3n) is 3.12. The number of hydrogen-bond acceptors (Lipinski definition) is 3. The van der Waals surface area contributed by atoms with Gasteiger partial charge in [0.05, 0.1) is 13.2 Å². The molecule has 1 unspecified atom stereocenters. The maximum Gasteiger partial charge on any atom is 0.328 e. The van der Waals surface area contributed by atoms with Gasteiger partial charge in [-0.05, 0) is 25.7 Å². The lowest BCUT2D eigenvalue weighted by Gasteiger charge is -2.23. The number of hydrogen-bond donors (Lipinski definition) is 0. The summed E-state index contributed by atoms with van der Waals surface area (Å²) in [5, 5.41) is 10.4. The van der Waals surface area contributed by atoms with Crippen LogP contribution in [0.25, 0.3) is 0 Å². The predicted octanol–water partition coefficient (Wildman–Crippen LogP) is 1.53. The molecule has 1 amide bonds. The van der Waals surface area contributed by atoms with E-state index in [0.717, 1.165) is 19.3 Å². The number of carbonyl (C=O) groups excluding carboxylic acids is 2. The van der Waals surface area contributed by atoms with E-state index in [-0.39, 0.29) is 24.9 Å². The highest BCUT2D eigenvalue weighted by Gasteiger charge is 2.34. The van der Waals surface area contributed by atoms with Crippen LogP contribution in [0.2, 0.25) is 0 Å². The van der Waals surface area contributed by atoms with E-state index in [1.54, 1.807) is 4.90 Å². The van der Waals surface area contributed by atoms with Crippen LogP contribution in [0, 0.1) is 0 Å². The molecule has 1 rings (SSSR count). The highest BCUT2D eigenvalue weighted by molar-refractivity contribution is 5.85. The van der Waals surface area contributed by atoms with Crippen LogP contribution in [0.5, 0.6) is 0 Å². The molecule has 5 nitrogen and oxygen atoms in total. The van der Waals surface area contributed by atoms with Gasteiger partial charge in [0.1, 0.15) is 6.04 Å². The second kappa shape index (κ2) is 8.08. The largest absolute Gasteiger partial charge is 0.464 e. The van der Waals surface area contributed by atoms with Crippen molar-refractivity contribution in [1.82, 2.24) is 4.90 Å². The van der Waals surface area contributed by atoms with Crippen molar-refractivity contribution in [3.63, 3.8) is 0 Å². The molecule has 18 heavy (non-hydrogen) atoms. The van der Waals surface area contributed by atoms with Crippen LogP contribution in [-0.4, -0.2) is 42.6 Å². The van der Waals surface area contributed by atoms with Crippen LogP contribution in [0.4, 0.5) is 0 Å². The Labute approximate surface area is 108 Å². The van der Waals surface area contributed by atoms with Crippen molar-refractivity contribution in [1.29, 1.82) is 0 Å². The Bertz CT molecular complexity index is 280. The summed E-state index contributed by atoms with van der Waals surface area (Å²) >= 11 is 0. The van der Waals surface area contributed by atoms with Gasteiger partial charge in [-0.15, -0.1) is 0 Å². The molecule has 0 aromatic rings.